The van der Waals surface area contributed by atoms with Gasteiger partial charge in [-0.05, 0) is 36.2 Å². The summed E-state index contributed by atoms with van der Waals surface area (Å²) in [6.45, 7) is 2.10. The monoisotopic (exact) mass is 467 g/mol. The van der Waals surface area contributed by atoms with Crippen molar-refractivity contribution in [2.75, 3.05) is 27.1 Å². The Labute approximate surface area is 197 Å². The molecule has 2 N–H and O–H groups in total. The number of fused-ring (bicyclic) bond motifs is 1. The van der Waals surface area contributed by atoms with Crippen LogP contribution >= 0.6 is 11.6 Å². The number of hydrogen-bond donors (Lipinski definition) is 1. The first-order valence-corrected chi connectivity index (χ1v) is 10.9. The average molecular weight is 468 g/mol. The summed E-state index contributed by atoms with van der Waals surface area (Å²) in [4.78, 5) is 9.52. The second-order valence-corrected chi connectivity index (χ2v) is 7.93. The Bertz CT molecular complexity index is 1340. The lowest BCUT2D eigenvalue weighted by molar-refractivity contribution is 0.356. The van der Waals surface area contributed by atoms with Gasteiger partial charge >= 0.3 is 0 Å². The van der Waals surface area contributed by atoms with Gasteiger partial charge in [0.25, 0.3) is 0 Å². The van der Waals surface area contributed by atoms with Crippen LogP contribution in [0, 0.1) is 0 Å². The zero-order valence-electron chi connectivity index (χ0n) is 19.3. The molecular weight excluding hydrogens is 442 g/mol. The maximum absolute atomic E-state index is 6.45. The fourth-order valence-corrected chi connectivity index (χ4v) is 4.28. The molecule has 8 nitrogen and oxygen atoms in total. The minimum Gasteiger partial charge on any atom is -0.495 e. The third-order valence-corrected chi connectivity index (χ3v) is 5.79. The van der Waals surface area contributed by atoms with Gasteiger partial charge in [0.1, 0.15) is 16.8 Å². The van der Waals surface area contributed by atoms with Crippen molar-refractivity contribution in [3.8, 4) is 39.8 Å². The number of rotatable bonds is 7. The van der Waals surface area contributed by atoms with Gasteiger partial charge in [0.2, 0.25) is 0 Å². The maximum atomic E-state index is 6.45. The van der Waals surface area contributed by atoms with Gasteiger partial charge in [0.05, 0.1) is 32.0 Å². The van der Waals surface area contributed by atoms with Crippen LogP contribution in [0.2, 0.25) is 5.02 Å². The number of nitrogen functional groups attached to an aromatic ring is 1. The first-order chi connectivity index (χ1) is 15.9. The molecule has 0 saturated carbocycles. The number of halogens is 1. The van der Waals surface area contributed by atoms with E-state index in [2.05, 4.69) is 17.0 Å². The maximum Gasteiger partial charge on any atom is 0.169 e. The Morgan fingerprint density at radius 1 is 1.00 bits per heavy atom. The molecule has 0 unspecified atom stereocenters. The van der Waals surface area contributed by atoms with E-state index in [0.29, 0.717) is 33.9 Å². The van der Waals surface area contributed by atoms with Gasteiger partial charge in [0, 0.05) is 18.2 Å². The second-order valence-electron chi connectivity index (χ2n) is 7.52. The molecule has 172 valence electrons. The van der Waals surface area contributed by atoms with E-state index in [1.807, 2.05) is 31.3 Å². The van der Waals surface area contributed by atoms with Crippen molar-refractivity contribution >= 4 is 28.5 Å². The molecule has 33 heavy (non-hydrogen) atoms. The molecule has 2 aromatic carbocycles. The van der Waals surface area contributed by atoms with Crippen LogP contribution in [0.3, 0.4) is 0 Å². The lowest BCUT2D eigenvalue weighted by atomic mass is 9.97. The molecule has 0 aliphatic rings. The number of nitrogens with two attached hydrogens (primary N) is 1. The summed E-state index contributed by atoms with van der Waals surface area (Å²) in [5.41, 5.74) is 11.0. The van der Waals surface area contributed by atoms with Crippen LogP contribution in [0.5, 0.6) is 17.2 Å². The first kappa shape index (κ1) is 22.7. The zero-order chi connectivity index (χ0) is 23.7. The van der Waals surface area contributed by atoms with Crippen molar-refractivity contribution in [1.82, 2.24) is 19.7 Å². The van der Waals surface area contributed by atoms with Crippen molar-refractivity contribution in [2.45, 2.75) is 19.8 Å². The van der Waals surface area contributed by atoms with Crippen LogP contribution in [-0.4, -0.2) is 41.1 Å². The predicted molar refractivity (Wildman–Crippen MR) is 130 cm³/mol. The van der Waals surface area contributed by atoms with E-state index >= 15 is 0 Å². The van der Waals surface area contributed by atoms with E-state index in [1.54, 1.807) is 32.1 Å². The fourth-order valence-electron chi connectivity index (χ4n) is 4.02. The van der Waals surface area contributed by atoms with Crippen LogP contribution in [0.25, 0.3) is 33.5 Å². The van der Waals surface area contributed by atoms with Crippen LogP contribution in [0.4, 0.5) is 5.82 Å². The Kier molecular flexibility index (Phi) is 6.29. The molecule has 0 fully saturated rings. The number of nitrogens with zero attached hydrogens (tertiary/aromatic N) is 4. The van der Waals surface area contributed by atoms with Crippen molar-refractivity contribution < 1.29 is 14.2 Å². The largest absolute Gasteiger partial charge is 0.495 e. The molecule has 0 saturated heterocycles. The van der Waals surface area contributed by atoms with Gasteiger partial charge in [-0.25, -0.2) is 9.97 Å². The summed E-state index contributed by atoms with van der Waals surface area (Å²) in [7, 11) is 6.61. The highest BCUT2D eigenvalue weighted by molar-refractivity contribution is 6.32. The smallest absolute Gasteiger partial charge is 0.169 e. The average Bonchev–Trinajstić information content (AvgIpc) is 3.13. The molecule has 4 rings (SSSR count). The normalized spacial score (nSPS) is 11.1. The van der Waals surface area contributed by atoms with Crippen molar-refractivity contribution in [3.05, 3.63) is 41.0 Å². The highest BCUT2D eigenvalue weighted by atomic mass is 35.5. The van der Waals surface area contributed by atoms with Crippen molar-refractivity contribution in [2.24, 2.45) is 7.05 Å². The third-order valence-electron chi connectivity index (χ3n) is 5.49. The minimum atomic E-state index is 0.362. The Morgan fingerprint density at radius 2 is 1.73 bits per heavy atom. The molecule has 0 spiro atoms. The number of benzene rings is 2. The van der Waals surface area contributed by atoms with Gasteiger partial charge in [0.15, 0.2) is 23.1 Å². The number of anilines is 1. The molecule has 0 bridgehead atoms. The summed E-state index contributed by atoms with van der Waals surface area (Å²) in [6, 6.07) is 9.24. The first-order valence-electron chi connectivity index (χ1n) is 10.5. The molecule has 0 radical (unpaired) electrons. The highest BCUT2D eigenvalue weighted by Gasteiger charge is 2.23. The van der Waals surface area contributed by atoms with Crippen LogP contribution in [0.1, 0.15) is 19.0 Å². The van der Waals surface area contributed by atoms with Crippen molar-refractivity contribution in [1.29, 1.82) is 0 Å². The van der Waals surface area contributed by atoms with E-state index in [-0.39, 0.29) is 0 Å². The quantitative estimate of drug-likeness (QED) is 0.412. The summed E-state index contributed by atoms with van der Waals surface area (Å²) in [5.74, 6) is 2.52. The zero-order valence-corrected chi connectivity index (χ0v) is 20.0. The summed E-state index contributed by atoms with van der Waals surface area (Å²) >= 11 is 6.45. The number of ether oxygens (including phenoxy) is 3. The molecule has 9 heteroatoms. The lowest BCUT2D eigenvalue weighted by Gasteiger charge is -2.18. The predicted octanol–water partition coefficient (Wildman–Crippen LogP) is 4.91. The van der Waals surface area contributed by atoms with Crippen LogP contribution in [-0.2, 0) is 13.5 Å². The van der Waals surface area contributed by atoms with Crippen LogP contribution in [0.15, 0.2) is 30.3 Å². The van der Waals surface area contributed by atoms with E-state index in [1.165, 1.54) is 0 Å². The molecular formula is C24H26ClN5O3. The third kappa shape index (κ3) is 3.91. The summed E-state index contributed by atoms with van der Waals surface area (Å²) in [6.07, 6.45) is 1.73. The van der Waals surface area contributed by atoms with Crippen molar-refractivity contribution in [3.63, 3.8) is 0 Å². The van der Waals surface area contributed by atoms with Gasteiger partial charge in [-0.1, -0.05) is 31.0 Å². The summed E-state index contributed by atoms with van der Waals surface area (Å²) in [5, 5.41) is 5.08. The van der Waals surface area contributed by atoms with Gasteiger partial charge in [-0.2, -0.15) is 5.10 Å². The summed E-state index contributed by atoms with van der Waals surface area (Å²) < 4.78 is 18.4. The molecule has 4 aromatic rings. The fraction of sp³-hybridized carbons (Fsp3) is 0.292. The van der Waals surface area contributed by atoms with Gasteiger partial charge in [-0.15, -0.1) is 0 Å². The number of hydrogen-bond acceptors (Lipinski definition) is 7. The molecule has 0 amide bonds. The molecule has 2 heterocycles. The topological polar surface area (TPSA) is 97.3 Å². The Balaban J connectivity index is 2.03. The standard InChI is InChI=1S/C24H26ClN5O3/c1-6-7-16-20-21(30(2)29-16)23(26)28-24(27-20)14-9-11-18(32-4)22(33-5)19(14)13-8-10-17(31-3)15(25)12-13/h8-12H,6-7H2,1-5H3,(H2,26,27,28). The Hall–Kier alpha value is -3.52. The van der Waals surface area contributed by atoms with E-state index in [4.69, 9.17) is 36.5 Å². The van der Waals surface area contributed by atoms with E-state index in [0.717, 1.165) is 46.3 Å². The second kappa shape index (κ2) is 9.15. The highest BCUT2D eigenvalue weighted by Crippen LogP contribution is 2.45. The van der Waals surface area contributed by atoms with E-state index in [9.17, 15) is 0 Å². The number of methoxy groups -OCH3 is 3. The van der Waals surface area contributed by atoms with Gasteiger partial charge in [-0.3, -0.25) is 4.68 Å². The van der Waals surface area contributed by atoms with E-state index < -0.39 is 0 Å². The molecule has 0 atom stereocenters. The molecule has 0 aliphatic heterocycles. The molecule has 2 aromatic heterocycles. The SMILES string of the molecule is CCCc1nn(C)c2c(N)nc(-c3ccc(OC)c(OC)c3-c3ccc(OC)c(Cl)c3)nc12. The molecule has 0 aliphatic carbocycles. The van der Waals surface area contributed by atoms with Gasteiger partial charge < -0.3 is 19.9 Å². The lowest BCUT2D eigenvalue weighted by Crippen LogP contribution is -2.02. The minimum absolute atomic E-state index is 0.362. The number of aromatic nitrogens is 4. The Morgan fingerprint density at radius 3 is 2.36 bits per heavy atom. The van der Waals surface area contributed by atoms with Crippen LogP contribution < -0.4 is 19.9 Å². The number of aryl methyl sites for hydroxylation is 2.